The van der Waals surface area contributed by atoms with Crippen LogP contribution in [0.15, 0.2) is 186 Å². The van der Waals surface area contributed by atoms with Crippen LogP contribution in [0.2, 0.25) is 0 Å². The first-order valence-electron chi connectivity index (χ1n) is 19.3. The Kier molecular flexibility index (Phi) is 6.76. The van der Waals surface area contributed by atoms with Gasteiger partial charge in [-0.3, -0.25) is 0 Å². The van der Waals surface area contributed by atoms with E-state index in [1.54, 1.807) is 0 Å². The van der Waals surface area contributed by atoms with Gasteiger partial charge in [-0.2, -0.15) is 0 Å². The summed E-state index contributed by atoms with van der Waals surface area (Å²) in [4.78, 5) is 2.39. The van der Waals surface area contributed by atoms with E-state index in [0.717, 1.165) is 33.6 Å². The predicted molar refractivity (Wildman–Crippen MR) is 229 cm³/mol. The second-order valence-electron chi connectivity index (χ2n) is 15.8. The number of hydrogen-bond acceptors (Lipinski definition) is 2. The molecule has 0 saturated heterocycles. The van der Waals surface area contributed by atoms with Gasteiger partial charge in [0, 0.05) is 44.7 Å². The smallest absolute Gasteiger partial charge is 0.137 e. The molecule has 2 heteroatoms. The summed E-state index contributed by atoms with van der Waals surface area (Å²) in [6, 6.07) is 66.5. The molecule has 0 spiro atoms. The maximum Gasteiger partial charge on any atom is 0.137 e. The van der Waals surface area contributed by atoms with Crippen LogP contribution in [0, 0.1) is 0 Å². The number of rotatable bonds is 5. The molecule has 1 aromatic heterocycles. The minimum Gasteiger partial charge on any atom is -0.456 e. The quantitative estimate of drug-likeness (QED) is 0.177. The molecule has 2 aliphatic rings. The molecule has 1 heterocycles. The molecule has 11 rings (SSSR count). The summed E-state index contributed by atoms with van der Waals surface area (Å²) in [5.41, 5.74) is 18.9. The minimum absolute atomic E-state index is 0.119. The van der Waals surface area contributed by atoms with Gasteiger partial charge < -0.3 is 9.32 Å². The van der Waals surface area contributed by atoms with E-state index in [1.807, 2.05) is 0 Å². The Labute approximate surface area is 322 Å². The van der Waals surface area contributed by atoms with Crippen LogP contribution in [-0.2, 0) is 10.8 Å². The molecule has 0 unspecified atom stereocenters. The van der Waals surface area contributed by atoms with Crippen molar-refractivity contribution in [3.8, 4) is 33.4 Å². The van der Waals surface area contributed by atoms with Gasteiger partial charge in [-0.05, 0) is 111 Å². The molecule has 55 heavy (non-hydrogen) atoms. The zero-order chi connectivity index (χ0) is 36.9. The van der Waals surface area contributed by atoms with E-state index in [1.165, 1.54) is 66.6 Å². The van der Waals surface area contributed by atoms with Gasteiger partial charge in [-0.25, -0.2) is 0 Å². The largest absolute Gasteiger partial charge is 0.456 e. The third-order valence-corrected chi connectivity index (χ3v) is 12.5. The first-order chi connectivity index (χ1) is 26.9. The molecule has 262 valence electrons. The van der Waals surface area contributed by atoms with Gasteiger partial charge in [0.2, 0.25) is 0 Å². The highest BCUT2D eigenvalue weighted by atomic mass is 16.3. The van der Waals surface area contributed by atoms with Crippen LogP contribution < -0.4 is 4.90 Å². The van der Waals surface area contributed by atoms with Gasteiger partial charge in [0.25, 0.3) is 0 Å². The highest BCUT2D eigenvalue weighted by molar-refractivity contribution is 6.09. The third-order valence-electron chi connectivity index (χ3n) is 12.5. The summed E-state index contributed by atoms with van der Waals surface area (Å²) in [6.07, 6.45) is 0. The fourth-order valence-corrected chi connectivity index (χ4v) is 9.85. The van der Waals surface area contributed by atoms with Gasteiger partial charge in [0.15, 0.2) is 0 Å². The standard InChI is InChI=1S/C53H39NO/c1-52(2)44-22-10-7-19-39(44)42-29-27-37(32-48(42)52)54(36-18-13-17-35(31-36)34-15-5-4-6-16-34)38-28-30-43-50(33-38)55-49-26-14-25-47(51(43)49)53(3)45-23-11-8-20-40(45)41-21-9-12-24-46(41)53/h4-33H,1-3H3. The molecule has 0 N–H and O–H groups in total. The van der Waals surface area contributed by atoms with Crippen molar-refractivity contribution in [2.24, 2.45) is 0 Å². The molecule has 0 radical (unpaired) electrons. The van der Waals surface area contributed by atoms with Crippen molar-refractivity contribution < 1.29 is 4.42 Å². The Morgan fingerprint density at radius 1 is 0.382 bits per heavy atom. The number of nitrogens with zero attached hydrogens (tertiary/aromatic N) is 1. The van der Waals surface area contributed by atoms with Crippen LogP contribution in [0.3, 0.4) is 0 Å². The molecular weight excluding hydrogens is 667 g/mol. The monoisotopic (exact) mass is 705 g/mol. The summed E-state index contributed by atoms with van der Waals surface area (Å²) >= 11 is 0. The topological polar surface area (TPSA) is 16.4 Å². The lowest BCUT2D eigenvalue weighted by molar-refractivity contribution is 0.660. The summed E-state index contributed by atoms with van der Waals surface area (Å²) in [7, 11) is 0. The molecule has 0 saturated carbocycles. The SMILES string of the molecule is CC1(C)c2ccccc2-c2ccc(N(c3cccc(-c4ccccc4)c3)c3ccc4c(c3)oc3cccc(C5(C)c6ccccc6-c6ccccc65)c34)cc21. The Balaban J connectivity index is 1.11. The Morgan fingerprint density at radius 3 is 1.67 bits per heavy atom. The molecule has 8 aromatic carbocycles. The van der Waals surface area contributed by atoms with E-state index in [9.17, 15) is 0 Å². The average molecular weight is 706 g/mol. The second kappa shape index (κ2) is 11.7. The molecule has 0 fully saturated rings. The van der Waals surface area contributed by atoms with Gasteiger partial charge in [0.05, 0.1) is 0 Å². The van der Waals surface area contributed by atoms with Crippen molar-refractivity contribution in [2.75, 3.05) is 4.90 Å². The van der Waals surface area contributed by atoms with Crippen LogP contribution in [0.25, 0.3) is 55.3 Å². The summed E-state index contributed by atoms with van der Waals surface area (Å²) in [6.45, 7) is 7.08. The number of furan rings is 1. The van der Waals surface area contributed by atoms with Crippen molar-refractivity contribution in [1.82, 2.24) is 0 Å². The average Bonchev–Trinajstić information content (AvgIpc) is 3.82. The predicted octanol–water partition coefficient (Wildman–Crippen LogP) is 14.4. The first kappa shape index (κ1) is 31.8. The van der Waals surface area contributed by atoms with Crippen molar-refractivity contribution in [3.05, 3.63) is 210 Å². The van der Waals surface area contributed by atoms with Crippen LogP contribution in [0.5, 0.6) is 0 Å². The lowest BCUT2D eigenvalue weighted by Crippen LogP contribution is -2.22. The molecule has 9 aromatic rings. The molecule has 0 amide bonds. The van der Waals surface area contributed by atoms with Crippen molar-refractivity contribution in [1.29, 1.82) is 0 Å². The lowest BCUT2D eigenvalue weighted by Gasteiger charge is -2.29. The fraction of sp³-hybridized carbons (Fsp3) is 0.0943. The molecule has 2 aliphatic carbocycles. The normalized spacial score (nSPS) is 14.4. The Morgan fingerprint density at radius 2 is 0.927 bits per heavy atom. The zero-order valence-corrected chi connectivity index (χ0v) is 31.2. The van der Waals surface area contributed by atoms with Gasteiger partial charge in [-0.1, -0.05) is 147 Å². The summed E-state index contributed by atoms with van der Waals surface area (Å²) in [5.74, 6) is 0. The summed E-state index contributed by atoms with van der Waals surface area (Å²) < 4.78 is 6.85. The first-order valence-corrected chi connectivity index (χ1v) is 19.3. The number of hydrogen-bond donors (Lipinski definition) is 0. The molecular formula is C53H39NO. The second-order valence-corrected chi connectivity index (χ2v) is 15.8. The van der Waals surface area contributed by atoms with E-state index in [-0.39, 0.29) is 10.8 Å². The van der Waals surface area contributed by atoms with Crippen LogP contribution >= 0.6 is 0 Å². The van der Waals surface area contributed by atoms with Crippen LogP contribution in [0.4, 0.5) is 17.1 Å². The minimum atomic E-state index is -0.332. The third kappa shape index (κ3) is 4.55. The maximum absolute atomic E-state index is 6.85. The van der Waals surface area contributed by atoms with E-state index >= 15 is 0 Å². The fourth-order valence-electron chi connectivity index (χ4n) is 9.85. The molecule has 0 bridgehead atoms. The van der Waals surface area contributed by atoms with E-state index in [0.29, 0.717) is 0 Å². The number of benzene rings is 8. The van der Waals surface area contributed by atoms with Crippen LogP contribution in [-0.4, -0.2) is 0 Å². The van der Waals surface area contributed by atoms with Gasteiger partial charge in [0.1, 0.15) is 11.2 Å². The molecule has 0 aliphatic heterocycles. The van der Waals surface area contributed by atoms with Crippen LogP contribution in [0.1, 0.15) is 48.6 Å². The molecule has 0 atom stereocenters. The van der Waals surface area contributed by atoms with E-state index in [2.05, 4.69) is 208 Å². The number of anilines is 3. The van der Waals surface area contributed by atoms with E-state index < -0.39 is 0 Å². The number of fused-ring (bicyclic) bond motifs is 9. The van der Waals surface area contributed by atoms with Gasteiger partial charge >= 0.3 is 0 Å². The van der Waals surface area contributed by atoms with Crippen molar-refractivity contribution in [2.45, 2.75) is 31.6 Å². The zero-order valence-electron chi connectivity index (χ0n) is 31.2. The van der Waals surface area contributed by atoms with Crippen molar-refractivity contribution in [3.63, 3.8) is 0 Å². The summed E-state index contributed by atoms with van der Waals surface area (Å²) in [5, 5.41) is 2.30. The maximum atomic E-state index is 6.85. The Bertz CT molecular complexity index is 2940. The highest BCUT2D eigenvalue weighted by Gasteiger charge is 2.42. The highest BCUT2D eigenvalue weighted by Crippen LogP contribution is 2.55. The van der Waals surface area contributed by atoms with Gasteiger partial charge in [-0.15, -0.1) is 0 Å². The van der Waals surface area contributed by atoms with E-state index in [4.69, 9.17) is 4.42 Å². The lowest BCUT2D eigenvalue weighted by atomic mass is 9.73. The van der Waals surface area contributed by atoms with Crippen molar-refractivity contribution >= 4 is 39.0 Å². The Hall–Kier alpha value is -6.64. The molecule has 2 nitrogen and oxygen atoms in total.